The molecule has 2 unspecified atom stereocenters. The van der Waals surface area contributed by atoms with Crippen LogP contribution in [0.4, 0.5) is 4.39 Å². The highest BCUT2D eigenvalue weighted by Crippen LogP contribution is 2.70. The van der Waals surface area contributed by atoms with Gasteiger partial charge in [0.05, 0.1) is 10.9 Å². The quantitative estimate of drug-likeness (QED) is 0.832. The summed E-state index contributed by atoms with van der Waals surface area (Å²) >= 11 is 11.7. The molecule has 0 heterocycles. The summed E-state index contributed by atoms with van der Waals surface area (Å²) in [6, 6.07) is 2.57. The van der Waals surface area contributed by atoms with Crippen LogP contribution in [0.2, 0.25) is 10.0 Å². The number of benzene rings is 1. The predicted molar refractivity (Wildman–Crippen MR) is 68.7 cm³/mol. The molecule has 1 fully saturated rings. The number of carboxylic acid groups (broad SMARTS) is 1. The van der Waals surface area contributed by atoms with Crippen molar-refractivity contribution in [1.82, 2.24) is 0 Å². The van der Waals surface area contributed by atoms with Crippen LogP contribution in [-0.2, 0) is 10.2 Å². The van der Waals surface area contributed by atoms with Gasteiger partial charge in [-0.1, -0.05) is 44.0 Å². The molecule has 2 atom stereocenters. The fourth-order valence-corrected chi connectivity index (χ4v) is 3.54. The summed E-state index contributed by atoms with van der Waals surface area (Å²) in [5.74, 6) is -2.05. The zero-order chi connectivity index (χ0) is 13.9. The van der Waals surface area contributed by atoms with Gasteiger partial charge in [0, 0.05) is 10.4 Å². The van der Waals surface area contributed by atoms with Gasteiger partial charge in [-0.05, 0) is 23.1 Å². The van der Waals surface area contributed by atoms with Crippen molar-refractivity contribution in [3.05, 3.63) is 33.6 Å². The van der Waals surface area contributed by atoms with E-state index in [9.17, 15) is 14.3 Å². The van der Waals surface area contributed by atoms with E-state index >= 15 is 0 Å². The predicted octanol–water partition coefficient (Wildman–Crippen LogP) is 4.13. The Balaban J connectivity index is 2.57. The first-order valence-electron chi connectivity index (χ1n) is 5.52. The Kier molecular flexibility index (Phi) is 2.91. The highest BCUT2D eigenvalue weighted by atomic mass is 35.5. The summed E-state index contributed by atoms with van der Waals surface area (Å²) in [6.45, 7) is 5.48. The third-order valence-electron chi connectivity index (χ3n) is 4.37. The molecular weight excluding hydrogens is 278 g/mol. The maximum Gasteiger partial charge on any atom is 0.307 e. The van der Waals surface area contributed by atoms with Gasteiger partial charge in [0.15, 0.2) is 0 Å². The van der Waals surface area contributed by atoms with Gasteiger partial charge in [0.25, 0.3) is 0 Å². The van der Waals surface area contributed by atoms with Gasteiger partial charge in [-0.2, -0.15) is 0 Å². The lowest BCUT2D eigenvalue weighted by Crippen LogP contribution is -2.13. The molecule has 1 aliphatic carbocycles. The van der Waals surface area contributed by atoms with Gasteiger partial charge in [0.2, 0.25) is 0 Å². The minimum atomic E-state index is -0.895. The summed E-state index contributed by atoms with van der Waals surface area (Å²) in [5.41, 5.74) is -0.646. The Morgan fingerprint density at radius 2 is 1.83 bits per heavy atom. The summed E-state index contributed by atoms with van der Waals surface area (Å²) in [5, 5.41) is 9.49. The van der Waals surface area contributed by atoms with Crippen LogP contribution in [0.3, 0.4) is 0 Å². The molecule has 2 rings (SSSR count). The van der Waals surface area contributed by atoms with Gasteiger partial charge < -0.3 is 5.11 Å². The van der Waals surface area contributed by atoms with Crippen LogP contribution in [0.5, 0.6) is 0 Å². The third-order valence-corrected chi connectivity index (χ3v) is 4.97. The van der Waals surface area contributed by atoms with Crippen molar-refractivity contribution in [2.45, 2.75) is 26.2 Å². The molecule has 5 heteroatoms. The summed E-state index contributed by atoms with van der Waals surface area (Å²) in [7, 11) is 0. The van der Waals surface area contributed by atoms with Crippen LogP contribution >= 0.6 is 23.2 Å². The smallest absolute Gasteiger partial charge is 0.307 e. The van der Waals surface area contributed by atoms with Crippen LogP contribution in [0.15, 0.2) is 12.1 Å². The van der Waals surface area contributed by atoms with Gasteiger partial charge in [-0.15, -0.1) is 0 Å². The standard InChI is InChI=1S/C13H13Cl2FO2/c1-12(2)10(11(17)18)13(12,3)6-4-9(16)8(15)5-7(6)14/h4-5,10H,1-3H3,(H,17,18). The fraction of sp³-hybridized carbons (Fsp3) is 0.462. The van der Waals surface area contributed by atoms with Crippen molar-refractivity contribution in [1.29, 1.82) is 0 Å². The first kappa shape index (κ1) is 13.6. The number of carboxylic acids is 1. The molecule has 1 aromatic rings. The van der Waals surface area contributed by atoms with E-state index in [1.165, 1.54) is 12.1 Å². The van der Waals surface area contributed by atoms with E-state index in [0.29, 0.717) is 10.6 Å². The number of aliphatic carboxylic acids is 1. The van der Waals surface area contributed by atoms with Crippen molar-refractivity contribution < 1.29 is 14.3 Å². The number of halogens is 3. The van der Waals surface area contributed by atoms with Crippen LogP contribution in [0, 0.1) is 17.2 Å². The number of hydrogen-bond donors (Lipinski definition) is 1. The highest BCUT2D eigenvalue weighted by molar-refractivity contribution is 6.35. The van der Waals surface area contributed by atoms with E-state index in [1.807, 2.05) is 13.8 Å². The average Bonchev–Trinajstić information content (AvgIpc) is 2.67. The second kappa shape index (κ2) is 3.84. The zero-order valence-corrected chi connectivity index (χ0v) is 11.7. The van der Waals surface area contributed by atoms with Crippen molar-refractivity contribution in [2.24, 2.45) is 11.3 Å². The van der Waals surface area contributed by atoms with Crippen LogP contribution in [-0.4, -0.2) is 11.1 Å². The summed E-state index contributed by atoms with van der Waals surface area (Å²) in [6.07, 6.45) is 0. The lowest BCUT2D eigenvalue weighted by molar-refractivity contribution is -0.139. The minimum Gasteiger partial charge on any atom is -0.481 e. The van der Waals surface area contributed by atoms with Crippen molar-refractivity contribution >= 4 is 29.2 Å². The average molecular weight is 291 g/mol. The molecule has 18 heavy (non-hydrogen) atoms. The van der Waals surface area contributed by atoms with Crippen molar-refractivity contribution in [2.75, 3.05) is 0 Å². The summed E-state index contributed by atoms with van der Waals surface area (Å²) in [4.78, 5) is 11.3. The molecule has 98 valence electrons. The van der Waals surface area contributed by atoms with E-state index < -0.39 is 28.5 Å². The second-order valence-corrected chi connectivity index (χ2v) is 6.26. The maximum absolute atomic E-state index is 13.6. The Bertz CT molecular complexity index is 542. The molecule has 2 nitrogen and oxygen atoms in total. The van der Waals surface area contributed by atoms with Crippen molar-refractivity contribution in [3.8, 4) is 0 Å². The Morgan fingerprint density at radius 3 is 2.28 bits per heavy atom. The normalized spacial score (nSPS) is 29.1. The third kappa shape index (κ3) is 1.57. The van der Waals surface area contributed by atoms with Crippen LogP contribution in [0.1, 0.15) is 26.3 Å². The molecule has 1 saturated carbocycles. The lowest BCUT2D eigenvalue weighted by atomic mass is 9.89. The molecule has 1 N–H and O–H groups in total. The lowest BCUT2D eigenvalue weighted by Gasteiger charge is -2.17. The molecular formula is C13H13Cl2FO2. The molecule has 0 aliphatic heterocycles. The monoisotopic (exact) mass is 290 g/mol. The minimum absolute atomic E-state index is 0.0577. The van der Waals surface area contributed by atoms with Crippen LogP contribution in [0.25, 0.3) is 0 Å². The van der Waals surface area contributed by atoms with E-state index in [4.69, 9.17) is 23.2 Å². The SMILES string of the molecule is CC1(C)C(C(=O)O)C1(C)c1cc(F)c(Cl)cc1Cl. The van der Waals surface area contributed by atoms with Gasteiger partial charge >= 0.3 is 5.97 Å². The largest absolute Gasteiger partial charge is 0.481 e. The first-order valence-corrected chi connectivity index (χ1v) is 6.27. The molecule has 0 amide bonds. The first-order chi connectivity index (χ1) is 8.14. The molecule has 1 aromatic carbocycles. The maximum atomic E-state index is 13.6. The molecule has 0 saturated heterocycles. The second-order valence-electron chi connectivity index (χ2n) is 5.44. The zero-order valence-electron chi connectivity index (χ0n) is 10.2. The van der Waals surface area contributed by atoms with E-state index in [0.717, 1.165) is 0 Å². The summed E-state index contributed by atoms with van der Waals surface area (Å²) < 4.78 is 13.6. The fourth-order valence-electron chi connectivity index (χ4n) is 2.96. The van der Waals surface area contributed by atoms with Gasteiger partial charge in [0.1, 0.15) is 5.82 Å². The van der Waals surface area contributed by atoms with Gasteiger partial charge in [-0.25, -0.2) is 4.39 Å². The van der Waals surface area contributed by atoms with Crippen LogP contribution < -0.4 is 0 Å². The molecule has 0 radical (unpaired) electrons. The molecule has 0 aromatic heterocycles. The van der Waals surface area contributed by atoms with E-state index in [2.05, 4.69) is 0 Å². The van der Waals surface area contributed by atoms with Crippen molar-refractivity contribution in [3.63, 3.8) is 0 Å². The molecule has 0 spiro atoms. The number of rotatable bonds is 2. The van der Waals surface area contributed by atoms with E-state index in [1.54, 1.807) is 6.92 Å². The van der Waals surface area contributed by atoms with E-state index in [-0.39, 0.29) is 5.02 Å². The number of hydrogen-bond acceptors (Lipinski definition) is 1. The topological polar surface area (TPSA) is 37.3 Å². The molecule has 0 bridgehead atoms. The van der Waals surface area contributed by atoms with Gasteiger partial charge in [-0.3, -0.25) is 4.79 Å². The Morgan fingerprint density at radius 1 is 1.28 bits per heavy atom. The number of carbonyl (C=O) groups is 1. The Hall–Kier alpha value is -0.800. The Labute approximate surface area is 115 Å². The molecule has 1 aliphatic rings. The highest BCUT2D eigenvalue weighted by Gasteiger charge is 2.72.